The Morgan fingerprint density at radius 2 is 2.40 bits per heavy atom. The predicted octanol–water partition coefficient (Wildman–Crippen LogP) is 1.10. The third kappa shape index (κ3) is 1.22. The first kappa shape index (κ1) is 7.76. The molecule has 1 rings (SSSR count). The van der Waals surface area contributed by atoms with Crippen LogP contribution in [-0.2, 0) is 4.74 Å². The second kappa shape index (κ2) is 2.36. The summed E-state index contributed by atoms with van der Waals surface area (Å²) in [5.74, 6) is 0. The average molecular weight is 142 g/mol. The van der Waals surface area contributed by atoms with Crippen LogP contribution in [0.3, 0.4) is 0 Å². The zero-order chi connectivity index (χ0) is 7.78. The molecule has 2 heteroatoms. The van der Waals surface area contributed by atoms with Crippen molar-refractivity contribution in [2.45, 2.75) is 32.5 Å². The molecular weight excluding hydrogens is 128 g/mol. The molecule has 0 aromatic heterocycles. The van der Waals surface area contributed by atoms with E-state index in [-0.39, 0.29) is 0 Å². The minimum absolute atomic E-state index is 0.426. The summed E-state index contributed by atoms with van der Waals surface area (Å²) in [6.07, 6.45) is 1.56. The lowest BCUT2D eigenvalue weighted by Crippen LogP contribution is -2.35. The van der Waals surface area contributed by atoms with Crippen molar-refractivity contribution in [3.8, 4) is 0 Å². The summed E-state index contributed by atoms with van der Waals surface area (Å²) in [6.45, 7) is 6.30. The van der Waals surface area contributed by atoms with Gasteiger partial charge in [-0.25, -0.2) is 0 Å². The highest BCUT2D eigenvalue weighted by Gasteiger charge is 2.32. The van der Waals surface area contributed by atoms with Crippen molar-refractivity contribution in [2.75, 3.05) is 6.61 Å². The average Bonchev–Trinajstić information content (AvgIpc) is 2.13. The fraction of sp³-hybridized carbons (Fsp3) is 0.750. The molecule has 0 spiro atoms. The van der Waals surface area contributed by atoms with Gasteiger partial charge < -0.3 is 9.84 Å². The molecule has 0 aromatic carbocycles. The highest BCUT2D eigenvalue weighted by Crippen LogP contribution is 2.25. The Morgan fingerprint density at radius 1 is 1.80 bits per heavy atom. The van der Waals surface area contributed by atoms with Gasteiger partial charge in [0.05, 0.1) is 12.7 Å². The molecule has 0 aromatic rings. The Morgan fingerprint density at radius 3 is 2.60 bits per heavy atom. The smallest absolute Gasteiger partial charge is 0.110 e. The molecule has 1 aliphatic rings. The first-order chi connectivity index (χ1) is 4.54. The lowest BCUT2D eigenvalue weighted by Gasteiger charge is -2.24. The molecule has 1 heterocycles. The zero-order valence-electron chi connectivity index (χ0n) is 6.72. The van der Waals surface area contributed by atoms with Crippen LogP contribution in [0.15, 0.2) is 11.6 Å². The molecule has 58 valence electrons. The minimum atomic E-state index is -0.440. The summed E-state index contributed by atoms with van der Waals surface area (Å²) in [5.41, 5.74) is 0.757. The molecule has 0 fully saturated rings. The normalized spacial score (nSPS) is 35.8. The number of aliphatic hydroxyl groups excluding tert-OH is 1. The highest BCUT2D eigenvalue weighted by atomic mass is 16.5. The Balaban J connectivity index is 2.72. The van der Waals surface area contributed by atoms with E-state index in [1.807, 2.05) is 19.9 Å². The lowest BCUT2D eigenvalue weighted by atomic mass is 10.0. The second-order valence-corrected chi connectivity index (χ2v) is 3.14. The summed E-state index contributed by atoms with van der Waals surface area (Å²) in [5, 5.41) is 9.26. The molecule has 0 aliphatic carbocycles. The molecule has 0 amide bonds. The van der Waals surface area contributed by atoms with E-state index in [1.54, 1.807) is 6.92 Å². The predicted molar refractivity (Wildman–Crippen MR) is 39.8 cm³/mol. The molecule has 0 radical (unpaired) electrons. The van der Waals surface area contributed by atoms with Gasteiger partial charge in [-0.2, -0.15) is 0 Å². The Labute approximate surface area is 61.5 Å². The van der Waals surface area contributed by atoms with Gasteiger partial charge in [-0.05, 0) is 32.4 Å². The fourth-order valence-electron chi connectivity index (χ4n) is 1.08. The topological polar surface area (TPSA) is 29.5 Å². The number of hydrogen-bond acceptors (Lipinski definition) is 2. The van der Waals surface area contributed by atoms with E-state index in [0.29, 0.717) is 6.61 Å². The molecule has 0 bridgehead atoms. The molecule has 0 saturated heterocycles. The van der Waals surface area contributed by atoms with Crippen LogP contribution < -0.4 is 0 Å². The first-order valence-corrected chi connectivity index (χ1v) is 3.55. The molecule has 1 N–H and O–H groups in total. The van der Waals surface area contributed by atoms with Crippen molar-refractivity contribution >= 4 is 0 Å². The third-order valence-corrected chi connectivity index (χ3v) is 1.97. The standard InChI is InChI=1S/C8H14O2/c1-6-4-8(3,7(2)9)10-5-6/h4,7,9H,5H2,1-3H3/t7-,8-/m0/s1. The molecule has 10 heavy (non-hydrogen) atoms. The quantitative estimate of drug-likeness (QED) is 0.555. The van der Waals surface area contributed by atoms with Crippen molar-refractivity contribution in [2.24, 2.45) is 0 Å². The monoisotopic (exact) mass is 142 g/mol. The minimum Gasteiger partial charge on any atom is -0.390 e. The van der Waals surface area contributed by atoms with E-state index in [9.17, 15) is 5.11 Å². The van der Waals surface area contributed by atoms with E-state index >= 15 is 0 Å². The van der Waals surface area contributed by atoms with Crippen molar-refractivity contribution in [3.63, 3.8) is 0 Å². The molecule has 2 nitrogen and oxygen atoms in total. The third-order valence-electron chi connectivity index (χ3n) is 1.97. The summed E-state index contributed by atoms with van der Waals surface area (Å²) in [7, 11) is 0. The second-order valence-electron chi connectivity index (χ2n) is 3.14. The summed E-state index contributed by atoms with van der Waals surface area (Å²) in [4.78, 5) is 0. The molecule has 1 aliphatic heterocycles. The van der Waals surface area contributed by atoms with Crippen molar-refractivity contribution in [1.29, 1.82) is 0 Å². The van der Waals surface area contributed by atoms with Gasteiger partial charge in [0.15, 0.2) is 0 Å². The maximum Gasteiger partial charge on any atom is 0.110 e. The van der Waals surface area contributed by atoms with Crippen molar-refractivity contribution in [3.05, 3.63) is 11.6 Å². The zero-order valence-corrected chi connectivity index (χ0v) is 6.72. The SMILES string of the molecule is CC1=C[C@@](C)([C@H](C)O)OC1. The molecule has 2 atom stereocenters. The van der Waals surface area contributed by atoms with Gasteiger partial charge in [-0.3, -0.25) is 0 Å². The van der Waals surface area contributed by atoms with Gasteiger partial charge in [0.1, 0.15) is 5.60 Å². The van der Waals surface area contributed by atoms with Crippen LogP contribution in [-0.4, -0.2) is 23.4 Å². The summed E-state index contributed by atoms with van der Waals surface area (Å²) < 4.78 is 5.37. The van der Waals surface area contributed by atoms with E-state index in [2.05, 4.69) is 0 Å². The number of hydrogen-bond donors (Lipinski definition) is 1. The molecule has 0 saturated carbocycles. The van der Waals surface area contributed by atoms with Crippen molar-refractivity contribution in [1.82, 2.24) is 0 Å². The maximum atomic E-state index is 9.26. The van der Waals surface area contributed by atoms with Crippen LogP contribution in [0.2, 0.25) is 0 Å². The van der Waals surface area contributed by atoms with Gasteiger partial charge in [0.2, 0.25) is 0 Å². The van der Waals surface area contributed by atoms with Crippen LogP contribution in [0.25, 0.3) is 0 Å². The number of aliphatic hydroxyl groups is 1. The Bertz CT molecular complexity index is 161. The first-order valence-electron chi connectivity index (χ1n) is 3.55. The Kier molecular flexibility index (Phi) is 1.84. The van der Waals surface area contributed by atoms with Crippen molar-refractivity contribution < 1.29 is 9.84 Å². The molecular formula is C8H14O2. The van der Waals surface area contributed by atoms with Crippen LogP contribution >= 0.6 is 0 Å². The lowest BCUT2D eigenvalue weighted by molar-refractivity contribution is -0.0505. The van der Waals surface area contributed by atoms with Crippen LogP contribution in [0.4, 0.5) is 0 Å². The maximum absolute atomic E-state index is 9.26. The van der Waals surface area contributed by atoms with E-state index in [4.69, 9.17) is 4.74 Å². The number of ether oxygens (including phenoxy) is 1. The van der Waals surface area contributed by atoms with E-state index < -0.39 is 11.7 Å². The highest BCUT2D eigenvalue weighted by molar-refractivity contribution is 5.16. The summed E-state index contributed by atoms with van der Waals surface area (Å²) >= 11 is 0. The molecule has 0 unspecified atom stereocenters. The summed E-state index contributed by atoms with van der Waals surface area (Å²) in [6, 6.07) is 0. The van der Waals surface area contributed by atoms with Crippen LogP contribution in [0, 0.1) is 0 Å². The largest absolute Gasteiger partial charge is 0.390 e. The van der Waals surface area contributed by atoms with Gasteiger partial charge >= 0.3 is 0 Å². The van der Waals surface area contributed by atoms with Crippen LogP contribution in [0.5, 0.6) is 0 Å². The van der Waals surface area contributed by atoms with E-state index in [1.165, 1.54) is 5.57 Å². The van der Waals surface area contributed by atoms with E-state index in [0.717, 1.165) is 0 Å². The van der Waals surface area contributed by atoms with Gasteiger partial charge in [-0.15, -0.1) is 0 Å². The van der Waals surface area contributed by atoms with Gasteiger partial charge in [-0.1, -0.05) is 0 Å². The van der Waals surface area contributed by atoms with Gasteiger partial charge in [0, 0.05) is 0 Å². The van der Waals surface area contributed by atoms with Gasteiger partial charge in [0.25, 0.3) is 0 Å². The Hall–Kier alpha value is -0.340. The fourth-order valence-corrected chi connectivity index (χ4v) is 1.08. The van der Waals surface area contributed by atoms with Crippen LogP contribution in [0.1, 0.15) is 20.8 Å². The number of rotatable bonds is 1.